The number of hydrogen-bond acceptors (Lipinski definition) is 6. The van der Waals surface area contributed by atoms with E-state index in [9.17, 15) is 12.8 Å². The van der Waals surface area contributed by atoms with Crippen LogP contribution in [0.4, 0.5) is 15.9 Å². The minimum absolute atomic E-state index is 0.184. The van der Waals surface area contributed by atoms with Crippen molar-refractivity contribution in [1.82, 2.24) is 14.7 Å². The summed E-state index contributed by atoms with van der Waals surface area (Å²) in [5.74, 6) is 0.611. The van der Waals surface area contributed by atoms with Crippen LogP contribution in [0.15, 0.2) is 54.9 Å². The molecule has 0 aliphatic rings. The largest absolute Gasteiger partial charge is 0.496 e. The summed E-state index contributed by atoms with van der Waals surface area (Å²) < 4.78 is 43.9. The van der Waals surface area contributed by atoms with Crippen molar-refractivity contribution in [3.63, 3.8) is 0 Å². The van der Waals surface area contributed by atoms with E-state index >= 15 is 0 Å². The third-order valence-corrected chi connectivity index (χ3v) is 4.51. The van der Waals surface area contributed by atoms with E-state index in [1.165, 1.54) is 31.6 Å². The molecule has 3 rings (SSSR count). The SMILES string of the molecule is COc1ccc(F)cc1-c1cc(Nc2cccc(CNS(C)(=O)=O)c2)ncn1. The summed E-state index contributed by atoms with van der Waals surface area (Å²) in [5, 5.41) is 3.14. The van der Waals surface area contributed by atoms with Crippen LogP contribution in [0.2, 0.25) is 0 Å². The van der Waals surface area contributed by atoms with E-state index in [2.05, 4.69) is 20.0 Å². The molecular weight excluding hydrogens is 383 g/mol. The number of nitrogens with one attached hydrogen (secondary N) is 2. The summed E-state index contributed by atoms with van der Waals surface area (Å²) in [4.78, 5) is 8.39. The first-order valence-electron chi connectivity index (χ1n) is 8.30. The highest BCUT2D eigenvalue weighted by Crippen LogP contribution is 2.30. The smallest absolute Gasteiger partial charge is 0.209 e. The second kappa shape index (κ2) is 8.32. The second-order valence-electron chi connectivity index (χ2n) is 6.05. The van der Waals surface area contributed by atoms with Gasteiger partial charge in [0, 0.05) is 23.9 Å². The number of halogens is 1. The Hall–Kier alpha value is -3.04. The van der Waals surface area contributed by atoms with Crippen LogP contribution in [0.5, 0.6) is 5.75 Å². The summed E-state index contributed by atoms with van der Waals surface area (Å²) in [6, 6.07) is 13.1. The molecule has 9 heteroatoms. The number of aromatic nitrogens is 2. The van der Waals surface area contributed by atoms with E-state index in [4.69, 9.17) is 4.74 Å². The zero-order chi connectivity index (χ0) is 20.1. The fraction of sp³-hybridized carbons (Fsp3) is 0.158. The number of hydrogen-bond donors (Lipinski definition) is 2. The molecule has 0 radical (unpaired) electrons. The third kappa shape index (κ3) is 5.24. The summed E-state index contributed by atoms with van der Waals surface area (Å²) in [6.07, 6.45) is 2.48. The van der Waals surface area contributed by atoms with E-state index in [-0.39, 0.29) is 6.54 Å². The van der Waals surface area contributed by atoms with Gasteiger partial charge in [0.1, 0.15) is 23.7 Å². The van der Waals surface area contributed by atoms with Crippen LogP contribution in [0.1, 0.15) is 5.56 Å². The first kappa shape index (κ1) is 19.7. The van der Waals surface area contributed by atoms with E-state index < -0.39 is 15.8 Å². The normalized spacial score (nSPS) is 11.2. The summed E-state index contributed by atoms with van der Waals surface area (Å²) >= 11 is 0. The topological polar surface area (TPSA) is 93.2 Å². The number of methoxy groups -OCH3 is 1. The maximum atomic E-state index is 13.7. The lowest BCUT2D eigenvalue weighted by atomic mass is 10.1. The van der Waals surface area contributed by atoms with Crippen molar-refractivity contribution in [2.45, 2.75) is 6.54 Å². The van der Waals surface area contributed by atoms with Crippen LogP contribution in [0, 0.1) is 5.82 Å². The molecule has 0 spiro atoms. The number of benzene rings is 2. The van der Waals surface area contributed by atoms with E-state index in [0.29, 0.717) is 22.8 Å². The van der Waals surface area contributed by atoms with Crippen LogP contribution < -0.4 is 14.8 Å². The molecule has 1 heterocycles. The average molecular weight is 402 g/mol. The van der Waals surface area contributed by atoms with Gasteiger partial charge in [0.2, 0.25) is 10.0 Å². The molecular formula is C19H19FN4O3S. The van der Waals surface area contributed by atoms with Gasteiger partial charge in [-0.25, -0.2) is 27.5 Å². The molecule has 7 nitrogen and oxygen atoms in total. The maximum absolute atomic E-state index is 13.7. The minimum Gasteiger partial charge on any atom is -0.496 e. The van der Waals surface area contributed by atoms with Crippen LogP contribution in [-0.4, -0.2) is 31.8 Å². The molecule has 0 aliphatic carbocycles. The van der Waals surface area contributed by atoms with Crippen molar-refractivity contribution in [2.75, 3.05) is 18.7 Å². The van der Waals surface area contributed by atoms with Crippen molar-refractivity contribution in [3.8, 4) is 17.0 Å². The Labute approximate surface area is 162 Å². The first-order valence-corrected chi connectivity index (χ1v) is 10.2. The van der Waals surface area contributed by atoms with Gasteiger partial charge in [-0.3, -0.25) is 0 Å². The Balaban J connectivity index is 1.83. The van der Waals surface area contributed by atoms with Crippen molar-refractivity contribution >= 4 is 21.5 Å². The van der Waals surface area contributed by atoms with Crippen LogP contribution in [0.3, 0.4) is 0 Å². The van der Waals surface area contributed by atoms with Gasteiger partial charge in [0.05, 0.1) is 19.1 Å². The Kier molecular flexibility index (Phi) is 5.86. The highest BCUT2D eigenvalue weighted by Gasteiger charge is 2.10. The molecule has 3 aromatic rings. The molecule has 0 amide bonds. The van der Waals surface area contributed by atoms with Gasteiger partial charge in [-0.15, -0.1) is 0 Å². The van der Waals surface area contributed by atoms with Gasteiger partial charge >= 0.3 is 0 Å². The van der Waals surface area contributed by atoms with E-state index in [1.54, 1.807) is 12.1 Å². The molecule has 0 saturated carbocycles. The molecule has 0 fully saturated rings. The van der Waals surface area contributed by atoms with Gasteiger partial charge in [-0.1, -0.05) is 12.1 Å². The molecule has 0 saturated heterocycles. The van der Waals surface area contributed by atoms with E-state index in [1.807, 2.05) is 18.2 Å². The first-order chi connectivity index (χ1) is 13.3. The molecule has 1 aromatic heterocycles. The predicted molar refractivity (Wildman–Crippen MR) is 105 cm³/mol. The number of nitrogens with zero attached hydrogens (tertiary/aromatic N) is 2. The number of anilines is 2. The monoisotopic (exact) mass is 402 g/mol. The van der Waals surface area contributed by atoms with Gasteiger partial charge in [0.25, 0.3) is 0 Å². The Bertz CT molecular complexity index is 1090. The molecule has 2 N–H and O–H groups in total. The third-order valence-electron chi connectivity index (χ3n) is 3.84. The number of ether oxygens (including phenoxy) is 1. The van der Waals surface area contributed by atoms with Crippen LogP contribution in [-0.2, 0) is 16.6 Å². The standard InChI is InChI=1S/C19H19FN4O3S/c1-27-18-7-6-14(20)9-16(18)17-10-19(22-12-21-17)24-15-5-3-4-13(8-15)11-23-28(2,25)26/h3-10,12,23H,11H2,1-2H3,(H,21,22,24). The Morgan fingerprint density at radius 2 is 1.93 bits per heavy atom. The molecule has 0 bridgehead atoms. The van der Waals surface area contributed by atoms with Gasteiger partial charge < -0.3 is 10.1 Å². The predicted octanol–water partition coefficient (Wildman–Crippen LogP) is 3.08. The zero-order valence-corrected chi connectivity index (χ0v) is 16.1. The fourth-order valence-electron chi connectivity index (χ4n) is 2.57. The summed E-state index contributed by atoms with van der Waals surface area (Å²) in [6.45, 7) is 0.184. The Morgan fingerprint density at radius 3 is 2.68 bits per heavy atom. The van der Waals surface area contributed by atoms with Crippen molar-refractivity contribution < 1.29 is 17.5 Å². The molecule has 0 unspecified atom stereocenters. The van der Waals surface area contributed by atoms with E-state index in [0.717, 1.165) is 17.5 Å². The lowest BCUT2D eigenvalue weighted by molar-refractivity contribution is 0.415. The van der Waals surface area contributed by atoms with Crippen molar-refractivity contribution in [1.29, 1.82) is 0 Å². The highest BCUT2D eigenvalue weighted by molar-refractivity contribution is 7.88. The average Bonchev–Trinajstić information content (AvgIpc) is 2.66. The number of rotatable bonds is 7. The summed E-state index contributed by atoms with van der Waals surface area (Å²) in [5.41, 5.74) is 2.53. The maximum Gasteiger partial charge on any atom is 0.209 e. The van der Waals surface area contributed by atoms with Crippen molar-refractivity contribution in [3.05, 3.63) is 66.2 Å². The van der Waals surface area contributed by atoms with Gasteiger partial charge in [0.15, 0.2) is 0 Å². The lowest BCUT2D eigenvalue weighted by Crippen LogP contribution is -2.21. The fourth-order valence-corrected chi connectivity index (χ4v) is 3.00. The summed E-state index contributed by atoms with van der Waals surface area (Å²) in [7, 11) is -1.77. The van der Waals surface area contributed by atoms with Crippen LogP contribution in [0.25, 0.3) is 11.3 Å². The van der Waals surface area contributed by atoms with Crippen LogP contribution >= 0.6 is 0 Å². The minimum atomic E-state index is -3.27. The van der Waals surface area contributed by atoms with Crippen molar-refractivity contribution in [2.24, 2.45) is 0 Å². The Morgan fingerprint density at radius 1 is 1.11 bits per heavy atom. The molecule has 0 aliphatic heterocycles. The highest BCUT2D eigenvalue weighted by atomic mass is 32.2. The molecule has 0 atom stereocenters. The number of sulfonamides is 1. The van der Waals surface area contributed by atoms with Gasteiger partial charge in [-0.05, 0) is 35.9 Å². The lowest BCUT2D eigenvalue weighted by Gasteiger charge is -2.11. The second-order valence-corrected chi connectivity index (χ2v) is 7.88. The van der Waals surface area contributed by atoms with Gasteiger partial charge in [-0.2, -0.15) is 0 Å². The molecule has 146 valence electrons. The molecule has 2 aromatic carbocycles. The molecule has 28 heavy (non-hydrogen) atoms. The quantitative estimate of drug-likeness (QED) is 0.631. The zero-order valence-electron chi connectivity index (χ0n) is 15.3.